The Morgan fingerprint density at radius 3 is 2.75 bits per heavy atom. The zero-order valence-corrected chi connectivity index (χ0v) is 5.99. The summed E-state index contributed by atoms with van der Waals surface area (Å²) in [6.07, 6.45) is 2.78. The van der Waals surface area contributed by atoms with Crippen molar-refractivity contribution in [2.24, 2.45) is 0 Å². The third kappa shape index (κ3) is 4.22. The Kier molecular flexibility index (Phi) is 5.22. The van der Waals surface area contributed by atoms with Crippen LogP contribution < -0.4 is 0 Å². The Morgan fingerprint density at radius 2 is 2.38 bits per heavy atom. The predicted octanol–water partition coefficient (Wildman–Crippen LogP) is 1.24. The van der Waals surface area contributed by atoms with Crippen molar-refractivity contribution >= 4 is 12.6 Å². The normalized spacial score (nSPS) is 12.1. The van der Waals surface area contributed by atoms with Crippen LogP contribution in [0.5, 0.6) is 0 Å². The fourth-order valence-corrected chi connectivity index (χ4v) is 0.787. The van der Waals surface area contributed by atoms with E-state index in [4.69, 9.17) is 5.11 Å². The molecule has 48 valence electrons. The van der Waals surface area contributed by atoms with E-state index in [1.165, 1.54) is 5.57 Å². The molecule has 0 aromatic carbocycles. The highest BCUT2D eigenvalue weighted by Gasteiger charge is 1.83. The van der Waals surface area contributed by atoms with E-state index in [1.54, 1.807) is 6.08 Å². The molecule has 0 saturated heterocycles. The van der Waals surface area contributed by atoms with Gasteiger partial charge in [-0.05, 0) is 19.1 Å². The summed E-state index contributed by atoms with van der Waals surface area (Å²) < 4.78 is 0. The van der Waals surface area contributed by atoms with E-state index in [9.17, 15) is 0 Å². The van der Waals surface area contributed by atoms with Gasteiger partial charge in [0.05, 0.1) is 6.61 Å². The van der Waals surface area contributed by atoms with Crippen molar-refractivity contribution in [3.8, 4) is 0 Å². The zero-order chi connectivity index (χ0) is 6.41. The third-order valence-electron chi connectivity index (χ3n) is 0.946. The lowest BCUT2D eigenvalue weighted by molar-refractivity contribution is 0.341. The lowest BCUT2D eigenvalue weighted by atomic mass is 10.2. The van der Waals surface area contributed by atoms with E-state index in [-0.39, 0.29) is 6.61 Å². The second-order valence-corrected chi connectivity index (χ2v) is 2.15. The molecule has 0 rings (SSSR count). The largest absolute Gasteiger partial charge is 0.392 e. The van der Waals surface area contributed by atoms with Crippen LogP contribution in [0, 0.1) is 0 Å². The molecule has 0 heterocycles. The molecule has 0 fully saturated rings. The molecule has 0 atom stereocenters. The first-order chi connectivity index (χ1) is 3.81. The van der Waals surface area contributed by atoms with Gasteiger partial charge in [0, 0.05) is 0 Å². The standard InChI is InChI=1S/C6H12OS/c1-6(2-4-7)3-5-8/h2,7-8H,3-5H2,1H3. The fourth-order valence-electron chi connectivity index (χ4n) is 0.434. The number of rotatable bonds is 3. The average Bonchev–Trinajstić information content (AvgIpc) is 1.68. The molecule has 1 nitrogen and oxygen atoms in total. The summed E-state index contributed by atoms with van der Waals surface area (Å²) in [6, 6.07) is 0. The molecule has 0 spiro atoms. The predicted molar refractivity (Wildman–Crippen MR) is 39.3 cm³/mol. The molecule has 0 amide bonds. The van der Waals surface area contributed by atoms with E-state index in [1.807, 2.05) is 6.92 Å². The quantitative estimate of drug-likeness (QED) is 0.437. The van der Waals surface area contributed by atoms with Gasteiger partial charge in [0.2, 0.25) is 0 Å². The Bertz CT molecular complexity index is 78.6. The van der Waals surface area contributed by atoms with Gasteiger partial charge in [-0.25, -0.2) is 0 Å². The van der Waals surface area contributed by atoms with Gasteiger partial charge in [-0.15, -0.1) is 0 Å². The lowest BCUT2D eigenvalue weighted by Gasteiger charge is -1.92. The molecule has 0 radical (unpaired) electrons. The molecule has 1 N–H and O–H groups in total. The number of hydrogen-bond donors (Lipinski definition) is 2. The lowest BCUT2D eigenvalue weighted by Crippen LogP contribution is -1.81. The van der Waals surface area contributed by atoms with Crippen molar-refractivity contribution in [3.63, 3.8) is 0 Å². The number of aliphatic hydroxyl groups excluding tert-OH is 1. The highest BCUT2D eigenvalue weighted by Crippen LogP contribution is 1.98. The van der Waals surface area contributed by atoms with Crippen molar-refractivity contribution in [2.45, 2.75) is 13.3 Å². The molecule has 0 aromatic rings. The first kappa shape index (κ1) is 8.05. The average molecular weight is 132 g/mol. The van der Waals surface area contributed by atoms with E-state index >= 15 is 0 Å². The second-order valence-electron chi connectivity index (χ2n) is 1.71. The molecular formula is C6H12OS. The smallest absolute Gasteiger partial charge is 0.0614 e. The molecule has 0 aliphatic carbocycles. The van der Waals surface area contributed by atoms with Crippen LogP contribution in [0.4, 0.5) is 0 Å². The summed E-state index contributed by atoms with van der Waals surface area (Å²) in [6.45, 7) is 2.14. The summed E-state index contributed by atoms with van der Waals surface area (Å²) in [5, 5.41) is 8.36. The van der Waals surface area contributed by atoms with E-state index < -0.39 is 0 Å². The molecule has 0 unspecified atom stereocenters. The topological polar surface area (TPSA) is 20.2 Å². The van der Waals surface area contributed by atoms with Crippen molar-refractivity contribution in [3.05, 3.63) is 11.6 Å². The minimum atomic E-state index is 0.152. The molecule has 8 heavy (non-hydrogen) atoms. The van der Waals surface area contributed by atoms with Gasteiger partial charge in [-0.3, -0.25) is 0 Å². The van der Waals surface area contributed by atoms with Gasteiger partial charge in [0.1, 0.15) is 0 Å². The second kappa shape index (κ2) is 5.19. The van der Waals surface area contributed by atoms with Crippen LogP contribution in [0.25, 0.3) is 0 Å². The molecule has 0 bridgehead atoms. The van der Waals surface area contributed by atoms with Crippen LogP contribution >= 0.6 is 12.6 Å². The van der Waals surface area contributed by atoms with Crippen LogP contribution in [-0.4, -0.2) is 17.5 Å². The van der Waals surface area contributed by atoms with Crippen molar-refractivity contribution in [1.82, 2.24) is 0 Å². The van der Waals surface area contributed by atoms with E-state index in [0.29, 0.717) is 0 Å². The number of allylic oxidation sites excluding steroid dienone is 1. The summed E-state index contributed by atoms with van der Waals surface area (Å²) in [5.41, 5.74) is 1.21. The molecule has 0 saturated carbocycles. The first-order valence-electron chi connectivity index (χ1n) is 2.68. The molecule has 0 aliphatic heterocycles. The monoisotopic (exact) mass is 132 g/mol. The van der Waals surface area contributed by atoms with E-state index in [0.717, 1.165) is 12.2 Å². The van der Waals surface area contributed by atoms with Gasteiger partial charge in [-0.1, -0.05) is 11.6 Å². The van der Waals surface area contributed by atoms with Gasteiger partial charge in [-0.2, -0.15) is 12.6 Å². The molecular weight excluding hydrogens is 120 g/mol. The summed E-state index contributed by atoms with van der Waals surface area (Å²) in [4.78, 5) is 0. The number of aliphatic hydroxyl groups is 1. The number of thiol groups is 1. The Morgan fingerprint density at radius 1 is 1.75 bits per heavy atom. The minimum Gasteiger partial charge on any atom is -0.392 e. The first-order valence-corrected chi connectivity index (χ1v) is 3.32. The fraction of sp³-hybridized carbons (Fsp3) is 0.667. The molecule has 0 aromatic heterocycles. The van der Waals surface area contributed by atoms with Gasteiger partial charge in [0.25, 0.3) is 0 Å². The van der Waals surface area contributed by atoms with Crippen LogP contribution in [0.15, 0.2) is 11.6 Å². The Labute approximate surface area is 55.8 Å². The van der Waals surface area contributed by atoms with Crippen LogP contribution in [0.2, 0.25) is 0 Å². The van der Waals surface area contributed by atoms with Crippen LogP contribution in [0.1, 0.15) is 13.3 Å². The van der Waals surface area contributed by atoms with Gasteiger partial charge in [0.15, 0.2) is 0 Å². The van der Waals surface area contributed by atoms with Gasteiger partial charge >= 0.3 is 0 Å². The maximum absolute atomic E-state index is 8.36. The third-order valence-corrected chi connectivity index (χ3v) is 1.17. The van der Waals surface area contributed by atoms with Crippen LogP contribution in [0.3, 0.4) is 0 Å². The number of hydrogen-bond acceptors (Lipinski definition) is 2. The Balaban J connectivity index is 3.29. The van der Waals surface area contributed by atoms with E-state index in [2.05, 4.69) is 12.6 Å². The summed E-state index contributed by atoms with van der Waals surface area (Å²) >= 11 is 4.03. The van der Waals surface area contributed by atoms with Crippen molar-refractivity contribution in [1.29, 1.82) is 0 Å². The van der Waals surface area contributed by atoms with Crippen molar-refractivity contribution < 1.29 is 5.11 Å². The SMILES string of the molecule is CC(=CCO)CCS. The highest BCUT2D eigenvalue weighted by molar-refractivity contribution is 7.80. The summed E-state index contributed by atoms with van der Waals surface area (Å²) in [5.74, 6) is 0.863. The minimum absolute atomic E-state index is 0.152. The van der Waals surface area contributed by atoms with Gasteiger partial charge < -0.3 is 5.11 Å². The maximum Gasteiger partial charge on any atom is 0.0614 e. The summed E-state index contributed by atoms with van der Waals surface area (Å²) in [7, 11) is 0. The van der Waals surface area contributed by atoms with Crippen molar-refractivity contribution in [2.75, 3.05) is 12.4 Å². The maximum atomic E-state index is 8.36. The zero-order valence-electron chi connectivity index (χ0n) is 5.09. The van der Waals surface area contributed by atoms with Crippen LogP contribution in [-0.2, 0) is 0 Å². The molecule has 2 heteroatoms. The molecule has 0 aliphatic rings. The highest BCUT2D eigenvalue weighted by atomic mass is 32.1. The Hall–Kier alpha value is 0.0500.